The fourth-order valence-electron chi connectivity index (χ4n) is 3.64. The van der Waals surface area contributed by atoms with E-state index in [-0.39, 0.29) is 5.91 Å². The van der Waals surface area contributed by atoms with Crippen LogP contribution in [0.1, 0.15) is 22.7 Å². The van der Waals surface area contributed by atoms with Gasteiger partial charge in [0.2, 0.25) is 5.91 Å². The Bertz CT molecular complexity index is 1310. The SMILES string of the molecule is Cn1cc(-c2ccc(NC(=O)[C@@H](NCCc3ccc(Cl)cc3C#N)c3ccccc3)nc2)cn1. The Morgan fingerprint density at radius 3 is 2.62 bits per heavy atom. The number of nitrogens with zero attached hydrogens (tertiary/aromatic N) is 4. The third-order valence-electron chi connectivity index (χ3n) is 5.38. The number of hydrogen-bond acceptors (Lipinski definition) is 5. The van der Waals surface area contributed by atoms with Crippen LogP contribution in [-0.2, 0) is 18.3 Å². The van der Waals surface area contributed by atoms with E-state index in [0.717, 1.165) is 22.3 Å². The maximum atomic E-state index is 13.2. The number of nitrogens with one attached hydrogen (secondary N) is 2. The van der Waals surface area contributed by atoms with Crippen LogP contribution < -0.4 is 10.6 Å². The number of hydrogen-bond donors (Lipinski definition) is 2. The number of rotatable bonds is 8. The van der Waals surface area contributed by atoms with Gasteiger partial charge in [0.15, 0.2) is 0 Å². The first-order valence-electron chi connectivity index (χ1n) is 10.8. The quantitative estimate of drug-likeness (QED) is 0.394. The van der Waals surface area contributed by atoms with Crippen molar-refractivity contribution in [3.05, 3.63) is 101 Å². The number of benzene rings is 2. The zero-order chi connectivity index (χ0) is 23.9. The van der Waals surface area contributed by atoms with Gasteiger partial charge in [0.05, 0.1) is 17.8 Å². The molecule has 0 spiro atoms. The van der Waals surface area contributed by atoms with Crippen molar-refractivity contribution in [3.8, 4) is 17.2 Å². The van der Waals surface area contributed by atoms with Crippen molar-refractivity contribution in [1.82, 2.24) is 20.1 Å². The summed E-state index contributed by atoms with van der Waals surface area (Å²) < 4.78 is 1.73. The smallest absolute Gasteiger partial charge is 0.247 e. The van der Waals surface area contributed by atoms with Crippen LogP contribution in [0.5, 0.6) is 0 Å². The summed E-state index contributed by atoms with van der Waals surface area (Å²) in [6.45, 7) is 0.497. The van der Waals surface area contributed by atoms with E-state index in [9.17, 15) is 10.1 Å². The molecule has 170 valence electrons. The molecule has 2 heterocycles. The lowest BCUT2D eigenvalue weighted by Crippen LogP contribution is -2.34. The lowest BCUT2D eigenvalue weighted by molar-refractivity contribution is -0.118. The Morgan fingerprint density at radius 1 is 1.12 bits per heavy atom. The lowest BCUT2D eigenvalue weighted by atomic mass is 10.0. The fourth-order valence-corrected chi connectivity index (χ4v) is 3.81. The molecule has 8 heteroatoms. The van der Waals surface area contributed by atoms with Crippen LogP contribution in [0.15, 0.2) is 79.3 Å². The minimum Gasteiger partial charge on any atom is -0.309 e. The van der Waals surface area contributed by atoms with Gasteiger partial charge in [0.1, 0.15) is 11.9 Å². The molecule has 2 aromatic carbocycles. The highest BCUT2D eigenvalue weighted by molar-refractivity contribution is 6.30. The number of carbonyl (C=O) groups excluding carboxylic acids is 1. The average Bonchev–Trinajstić information content (AvgIpc) is 3.29. The second kappa shape index (κ2) is 10.8. The van der Waals surface area contributed by atoms with E-state index in [2.05, 4.69) is 26.8 Å². The number of aryl methyl sites for hydroxylation is 1. The number of halogens is 1. The maximum absolute atomic E-state index is 13.2. The highest BCUT2D eigenvalue weighted by atomic mass is 35.5. The third kappa shape index (κ3) is 5.67. The van der Waals surface area contributed by atoms with Crippen molar-refractivity contribution in [1.29, 1.82) is 5.26 Å². The van der Waals surface area contributed by atoms with Crippen LogP contribution in [-0.4, -0.2) is 27.2 Å². The maximum Gasteiger partial charge on any atom is 0.247 e. The summed E-state index contributed by atoms with van der Waals surface area (Å²) in [4.78, 5) is 17.6. The van der Waals surface area contributed by atoms with E-state index in [1.54, 1.807) is 35.3 Å². The molecule has 0 fully saturated rings. The molecule has 34 heavy (non-hydrogen) atoms. The Morgan fingerprint density at radius 2 is 1.94 bits per heavy atom. The predicted octanol–water partition coefficient (Wildman–Crippen LogP) is 4.52. The molecule has 7 nitrogen and oxygen atoms in total. The molecular formula is C26H23ClN6O. The molecule has 0 aliphatic carbocycles. The van der Waals surface area contributed by atoms with Gasteiger partial charge in [-0.05, 0) is 41.8 Å². The van der Waals surface area contributed by atoms with E-state index in [1.165, 1.54) is 0 Å². The predicted molar refractivity (Wildman–Crippen MR) is 132 cm³/mol. The summed E-state index contributed by atoms with van der Waals surface area (Å²) in [5, 5.41) is 20.3. The molecule has 0 unspecified atom stereocenters. The molecule has 0 saturated heterocycles. The average molecular weight is 471 g/mol. The van der Waals surface area contributed by atoms with E-state index in [0.29, 0.717) is 29.4 Å². The molecule has 2 aromatic heterocycles. The summed E-state index contributed by atoms with van der Waals surface area (Å²) >= 11 is 5.99. The monoisotopic (exact) mass is 470 g/mol. The molecule has 1 atom stereocenters. The summed E-state index contributed by atoms with van der Waals surface area (Å²) in [5.41, 5.74) is 4.12. The van der Waals surface area contributed by atoms with Crippen LogP contribution in [0, 0.1) is 11.3 Å². The summed E-state index contributed by atoms with van der Waals surface area (Å²) in [7, 11) is 1.86. The highest BCUT2D eigenvalue weighted by Crippen LogP contribution is 2.21. The normalized spacial score (nSPS) is 11.6. The number of anilines is 1. The minimum atomic E-state index is -0.584. The summed E-state index contributed by atoms with van der Waals surface area (Å²) in [6.07, 6.45) is 5.96. The van der Waals surface area contributed by atoms with Crippen molar-refractivity contribution in [2.24, 2.45) is 7.05 Å². The summed E-state index contributed by atoms with van der Waals surface area (Å²) in [5.74, 6) is 0.245. The zero-order valence-electron chi connectivity index (χ0n) is 18.6. The lowest BCUT2D eigenvalue weighted by Gasteiger charge is -2.19. The standard InChI is InChI=1S/C26H23ClN6O/c1-33-17-22(16-31-33)20-8-10-24(30-15-20)32-26(34)25(19-5-3-2-4-6-19)29-12-11-18-7-9-23(27)13-21(18)14-28/h2-10,13,15-17,25,29H,11-12H2,1H3,(H,30,32,34)/t25-/m0/s1. The Labute approximate surface area is 203 Å². The number of pyridine rings is 1. The van der Waals surface area contributed by atoms with E-state index in [1.807, 2.05) is 55.7 Å². The van der Waals surface area contributed by atoms with Crippen molar-refractivity contribution in [3.63, 3.8) is 0 Å². The zero-order valence-corrected chi connectivity index (χ0v) is 19.3. The molecule has 4 rings (SSSR count). The van der Waals surface area contributed by atoms with Crippen LogP contribution in [0.2, 0.25) is 5.02 Å². The first kappa shape index (κ1) is 23.2. The van der Waals surface area contributed by atoms with Gasteiger partial charge in [-0.2, -0.15) is 10.4 Å². The van der Waals surface area contributed by atoms with Gasteiger partial charge in [-0.1, -0.05) is 48.0 Å². The molecule has 0 aliphatic heterocycles. The van der Waals surface area contributed by atoms with Gasteiger partial charge in [-0.25, -0.2) is 4.98 Å². The van der Waals surface area contributed by atoms with Gasteiger partial charge in [-0.15, -0.1) is 0 Å². The number of amides is 1. The Hall–Kier alpha value is -3.99. The van der Waals surface area contributed by atoms with Crippen LogP contribution >= 0.6 is 11.6 Å². The van der Waals surface area contributed by atoms with Gasteiger partial charge < -0.3 is 10.6 Å². The first-order chi connectivity index (χ1) is 16.5. The molecule has 0 aliphatic rings. The Kier molecular flexibility index (Phi) is 7.33. The second-order valence-electron chi connectivity index (χ2n) is 7.79. The van der Waals surface area contributed by atoms with Crippen molar-refractivity contribution in [2.45, 2.75) is 12.5 Å². The number of carbonyl (C=O) groups is 1. The highest BCUT2D eigenvalue weighted by Gasteiger charge is 2.20. The fraction of sp³-hybridized carbons (Fsp3) is 0.154. The number of aromatic nitrogens is 3. The van der Waals surface area contributed by atoms with Crippen LogP contribution in [0.4, 0.5) is 5.82 Å². The van der Waals surface area contributed by atoms with Gasteiger partial charge >= 0.3 is 0 Å². The summed E-state index contributed by atoms with van der Waals surface area (Å²) in [6, 6.07) is 20.0. The minimum absolute atomic E-state index is 0.218. The topological polar surface area (TPSA) is 95.6 Å². The van der Waals surface area contributed by atoms with Crippen molar-refractivity contribution >= 4 is 23.3 Å². The second-order valence-corrected chi connectivity index (χ2v) is 8.22. The van der Waals surface area contributed by atoms with E-state index < -0.39 is 6.04 Å². The third-order valence-corrected chi connectivity index (χ3v) is 5.62. The first-order valence-corrected chi connectivity index (χ1v) is 11.1. The molecular weight excluding hydrogens is 448 g/mol. The molecule has 0 bridgehead atoms. The van der Waals surface area contributed by atoms with Crippen molar-refractivity contribution < 1.29 is 4.79 Å². The Balaban J connectivity index is 1.45. The number of nitriles is 1. The van der Waals surface area contributed by atoms with E-state index in [4.69, 9.17) is 11.6 Å². The molecule has 0 saturated carbocycles. The molecule has 1 amide bonds. The largest absolute Gasteiger partial charge is 0.309 e. The van der Waals surface area contributed by atoms with E-state index >= 15 is 0 Å². The van der Waals surface area contributed by atoms with Crippen LogP contribution in [0.25, 0.3) is 11.1 Å². The van der Waals surface area contributed by atoms with Gasteiger partial charge in [-0.3, -0.25) is 9.48 Å². The van der Waals surface area contributed by atoms with Crippen molar-refractivity contribution in [2.75, 3.05) is 11.9 Å². The molecule has 4 aromatic rings. The molecule has 0 radical (unpaired) electrons. The van der Waals surface area contributed by atoms with Gasteiger partial charge in [0.25, 0.3) is 0 Å². The molecule has 2 N–H and O–H groups in total. The van der Waals surface area contributed by atoms with Crippen LogP contribution in [0.3, 0.4) is 0 Å². The van der Waals surface area contributed by atoms with Gasteiger partial charge in [0, 0.05) is 42.1 Å².